The second-order valence-electron chi connectivity index (χ2n) is 9.98. The van der Waals surface area contributed by atoms with Gasteiger partial charge in [-0.15, -0.1) is 0 Å². The minimum Gasteiger partial charge on any atom is -0.493 e. The van der Waals surface area contributed by atoms with E-state index in [1.54, 1.807) is 0 Å². The lowest BCUT2D eigenvalue weighted by Gasteiger charge is -2.08. The van der Waals surface area contributed by atoms with Crippen LogP contribution in [0.2, 0.25) is 0 Å². The van der Waals surface area contributed by atoms with Gasteiger partial charge in [-0.2, -0.15) is 20.5 Å². The quantitative estimate of drug-likeness (QED) is 0.103. The predicted octanol–water partition coefficient (Wildman–Crippen LogP) is 11.1. The molecule has 0 aliphatic carbocycles. The Labute approximate surface area is 244 Å². The van der Waals surface area contributed by atoms with Crippen molar-refractivity contribution < 1.29 is 9.47 Å². The third-order valence-electron chi connectivity index (χ3n) is 6.57. The van der Waals surface area contributed by atoms with Crippen LogP contribution in [0.5, 0.6) is 11.5 Å². The highest BCUT2D eigenvalue weighted by atomic mass is 16.5. The number of ether oxygens (including phenoxy) is 2. The third-order valence-corrected chi connectivity index (χ3v) is 6.57. The zero-order valence-electron chi connectivity index (χ0n) is 24.2. The van der Waals surface area contributed by atoms with Crippen LogP contribution in [0.25, 0.3) is 0 Å². The van der Waals surface area contributed by atoms with Gasteiger partial charge in [0.25, 0.3) is 0 Å². The Balaban J connectivity index is 1.13. The van der Waals surface area contributed by atoms with E-state index in [1.165, 1.54) is 36.8 Å². The van der Waals surface area contributed by atoms with Gasteiger partial charge in [-0.1, -0.05) is 51.0 Å². The normalized spacial score (nSPS) is 11.4. The van der Waals surface area contributed by atoms with Gasteiger partial charge in [0.1, 0.15) is 11.5 Å². The molecule has 4 rings (SSSR count). The van der Waals surface area contributed by atoms with Crippen molar-refractivity contribution in [1.82, 2.24) is 0 Å². The van der Waals surface area contributed by atoms with E-state index in [-0.39, 0.29) is 0 Å². The summed E-state index contributed by atoms with van der Waals surface area (Å²) in [6.07, 6.45) is 7.81. The molecule has 4 aromatic carbocycles. The average molecular weight is 549 g/mol. The second kappa shape index (κ2) is 16.7. The molecule has 0 saturated carbocycles. The summed E-state index contributed by atoms with van der Waals surface area (Å²) in [6, 6.07) is 31.9. The van der Waals surface area contributed by atoms with Gasteiger partial charge in [-0.3, -0.25) is 0 Å². The molecule has 0 saturated heterocycles. The van der Waals surface area contributed by atoms with E-state index in [4.69, 9.17) is 9.47 Å². The lowest BCUT2D eigenvalue weighted by Crippen LogP contribution is -2.04. The highest BCUT2D eigenvalue weighted by molar-refractivity contribution is 5.44. The van der Waals surface area contributed by atoms with E-state index < -0.39 is 0 Å². The maximum Gasteiger partial charge on any atom is 0.119 e. The number of benzene rings is 4. The molecule has 0 N–H and O–H groups in total. The number of hydrogen-bond acceptors (Lipinski definition) is 6. The minimum absolute atomic E-state index is 0.564. The van der Waals surface area contributed by atoms with E-state index >= 15 is 0 Å². The summed E-state index contributed by atoms with van der Waals surface area (Å²) in [5.74, 6) is 1.60. The molecule has 0 radical (unpaired) electrons. The molecule has 6 heteroatoms. The van der Waals surface area contributed by atoms with Crippen LogP contribution in [0.3, 0.4) is 0 Å². The largest absolute Gasteiger partial charge is 0.493 e. The van der Waals surface area contributed by atoms with Crippen LogP contribution in [-0.4, -0.2) is 13.2 Å². The van der Waals surface area contributed by atoms with Crippen molar-refractivity contribution in [3.8, 4) is 11.5 Å². The van der Waals surface area contributed by atoms with E-state index in [2.05, 4.69) is 58.6 Å². The van der Waals surface area contributed by atoms with E-state index in [0.717, 1.165) is 53.5 Å². The van der Waals surface area contributed by atoms with Crippen LogP contribution in [0.1, 0.15) is 57.1 Å². The van der Waals surface area contributed by atoms with E-state index in [1.807, 2.05) is 72.8 Å². The van der Waals surface area contributed by atoms with Crippen molar-refractivity contribution >= 4 is 22.7 Å². The summed E-state index contributed by atoms with van der Waals surface area (Å²) in [6.45, 7) is 5.54. The first-order valence-corrected chi connectivity index (χ1v) is 14.7. The van der Waals surface area contributed by atoms with Gasteiger partial charge in [0.2, 0.25) is 0 Å². The van der Waals surface area contributed by atoms with Gasteiger partial charge in [-0.25, -0.2) is 0 Å². The maximum atomic E-state index is 5.85. The third kappa shape index (κ3) is 10.6. The molecule has 41 heavy (non-hydrogen) atoms. The van der Waals surface area contributed by atoms with Crippen molar-refractivity contribution in [2.24, 2.45) is 20.5 Å². The van der Waals surface area contributed by atoms with Crippen LogP contribution >= 0.6 is 0 Å². The van der Waals surface area contributed by atoms with Crippen LogP contribution in [0, 0.1) is 0 Å². The van der Waals surface area contributed by atoms with Crippen molar-refractivity contribution in [2.45, 2.75) is 58.8 Å². The molecule has 0 fully saturated rings. The summed E-state index contributed by atoms with van der Waals surface area (Å²) in [4.78, 5) is 0. The molecule has 0 amide bonds. The Bertz CT molecular complexity index is 1240. The summed E-state index contributed by atoms with van der Waals surface area (Å²) < 4.78 is 11.7. The first-order chi connectivity index (χ1) is 20.2. The Kier molecular flexibility index (Phi) is 12.1. The molecule has 0 unspecified atom stereocenters. The first-order valence-electron chi connectivity index (χ1n) is 14.7. The number of unbranched alkanes of at least 4 members (excludes halogenated alkanes) is 2. The standard InChI is InChI=1S/C35H40N4O2/c1-3-5-8-28-10-14-30(15-11-28)36-38-32-18-22-34(23-19-32)40-26-7-27-41-35-24-20-33(21-25-35)39-37-31-16-12-29(13-17-31)9-6-4-2/h10-25H,3-9,26-27H2,1-2H3. The van der Waals surface area contributed by atoms with Crippen molar-refractivity contribution in [1.29, 1.82) is 0 Å². The fourth-order valence-electron chi connectivity index (χ4n) is 4.11. The monoisotopic (exact) mass is 548 g/mol. The van der Waals surface area contributed by atoms with Gasteiger partial charge in [0.05, 0.1) is 36.0 Å². The number of hydrogen-bond donors (Lipinski definition) is 0. The van der Waals surface area contributed by atoms with Gasteiger partial charge >= 0.3 is 0 Å². The minimum atomic E-state index is 0.564. The number of rotatable bonds is 16. The van der Waals surface area contributed by atoms with Gasteiger partial charge < -0.3 is 9.47 Å². The Hall–Kier alpha value is -4.32. The second-order valence-corrected chi connectivity index (χ2v) is 9.98. The summed E-state index contributed by atoms with van der Waals surface area (Å²) in [5, 5.41) is 17.3. The SMILES string of the molecule is CCCCc1ccc(N=Nc2ccc(OCCCOc3ccc(N=Nc4ccc(CCCC)cc4)cc3)cc2)cc1. The molecule has 0 heterocycles. The summed E-state index contributed by atoms with van der Waals surface area (Å²) >= 11 is 0. The Morgan fingerprint density at radius 3 is 1.05 bits per heavy atom. The molecule has 0 spiro atoms. The molecular formula is C35H40N4O2. The zero-order chi connectivity index (χ0) is 28.5. The summed E-state index contributed by atoms with van der Waals surface area (Å²) in [7, 11) is 0. The van der Waals surface area contributed by atoms with Crippen molar-refractivity contribution in [2.75, 3.05) is 13.2 Å². The molecule has 6 nitrogen and oxygen atoms in total. The fourth-order valence-corrected chi connectivity index (χ4v) is 4.11. The molecular weight excluding hydrogens is 508 g/mol. The van der Waals surface area contributed by atoms with Crippen molar-refractivity contribution in [3.63, 3.8) is 0 Å². The number of nitrogens with zero attached hydrogens (tertiary/aromatic N) is 4. The molecule has 212 valence electrons. The highest BCUT2D eigenvalue weighted by Crippen LogP contribution is 2.24. The van der Waals surface area contributed by atoms with Crippen LogP contribution in [-0.2, 0) is 12.8 Å². The lowest BCUT2D eigenvalue weighted by molar-refractivity contribution is 0.247. The van der Waals surface area contributed by atoms with Crippen LogP contribution in [0.4, 0.5) is 22.7 Å². The molecule has 4 aromatic rings. The first kappa shape index (κ1) is 29.7. The topological polar surface area (TPSA) is 67.9 Å². The predicted molar refractivity (Wildman–Crippen MR) is 167 cm³/mol. The lowest BCUT2D eigenvalue weighted by atomic mass is 10.1. The maximum absolute atomic E-state index is 5.85. The molecule has 0 atom stereocenters. The van der Waals surface area contributed by atoms with Gasteiger partial charge in [-0.05, 0) is 110 Å². The van der Waals surface area contributed by atoms with E-state index in [0.29, 0.717) is 13.2 Å². The smallest absolute Gasteiger partial charge is 0.119 e. The molecule has 0 aromatic heterocycles. The fraction of sp³-hybridized carbons (Fsp3) is 0.314. The molecule has 0 aliphatic heterocycles. The Morgan fingerprint density at radius 1 is 0.415 bits per heavy atom. The average Bonchev–Trinajstić information content (AvgIpc) is 3.03. The Morgan fingerprint density at radius 2 is 0.732 bits per heavy atom. The van der Waals surface area contributed by atoms with E-state index in [9.17, 15) is 0 Å². The summed E-state index contributed by atoms with van der Waals surface area (Å²) in [5.41, 5.74) is 5.97. The zero-order valence-corrected chi connectivity index (χ0v) is 24.2. The van der Waals surface area contributed by atoms with Gasteiger partial charge in [0, 0.05) is 6.42 Å². The van der Waals surface area contributed by atoms with Crippen LogP contribution in [0.15, 0.2) is 118 Å². The highest BCUT2D eigenvalue weighted by Gasteiger charge is 1.99. The van der Waals surface area contributed by atoms with Gasteiger partial charge in [0.15, 0.2) is 0 Å². The van der Waals surface area contributed by atoms with Crippen LogP contribution < -0.4 is 9.47 Å². The van der Waals surface area contributed by atoms with Crippen molar-refractivity contribution in [3.05, 3.63) is 108 Å². The number of azo groups is 2. The molecule has 0 aliphatic rings. The number of aryl methyl sites for hydroxylation is 2. The molecule has 0 bridgehead atoms.